The summed E-state index contributed by atoms with van der Waals surface area (Å²) in [6, 6.07) is 26.8. The zero-order valence-electron chi connectivity index (χ0n) is 34.4. The minimum atomic E-state index is -3.29. The van der Waals surface area contributed by atoms with Crippen molar-refractivity contribution < 1.29 is 45.6 Å². The molecule has 0 bridgehead atoms. The molecule has 4 aromatic carbocycles. The van der Waals surface area contributed by atoms with Crippen LogP contribution >= 0.6 is 23.5 Å². The van der Waals surface area contributed by atoms with Gasteiger partial charge < -0.3 is 28.3 Å². The Bertz CT molecular complexity index is 3200. The molecule has 0 aliphatic rings. The highest BCUT2D eigenvalue weighted by Gasteiger charge is 2.24. The molecule has 0 radical (unpaired) electrons. The van der Waals surface area contributed by atoms with Crippen molar-refractivity contribution in [2.75, 3.05) is 12.5 Å². The summed E-state index contributed by atoms with van der Waals surface area (Å²) in [4.78, 5) is 27.1. The van der Waals surface area contributed by atoms with Gasteiger partial charge in [0.15, 0.2) is 19.7 Å². The van der Waals surface area contributed by atoms with E-state index in [9.17, 15) is 36.6 Å². The summed E-state index contributed by atoms with van der Waals surface area (Å²) in [6.45, 7) is 7.21. The molecule has 0 amide bonds. The summed E-state index contributed by atoms with van der Waals surface area (Å²) in [5.74, 6) is -1.16. The second-order valence-corrected chi connectivity index (χ2v) is 20.8. The van der Waals surface area contributed by atoms with Gasteiger partial charge in [0, 0.05) is 65.4 Å². The molecule has 0 aliphatic carbocycles. The molecule has 8 aromatic rings. The Hall–Kier alpha value is -6.01. The number of aryl methyl sites for hydroxylation is 2. The lowest BCUT2D eigenvalue weighted by molar-refractivity contribution is -0.138. The first-order valence-corrected chi connectivity index (χ1v) is 24.3. The maximum Gasteiger partial charge on any atom is 0.323 e. The second kappa shape index (κ2) is 17.4. The molecule has 8 rings (SSSR count). The molecule has 0 fully saturated rings. The van der Waals surface area contributed by atoms with Crippen molar-refractivity contribution in [2.45, 2.75) is 70.2 Å². The normalized spacial score (nSPS) is 11.8. The van der Waals surface area contributed by atoms with Gasteiger partial charge in [-0.05, 0) is 106 Å². The largest absolute Gasteiger partial charge is 0.480 e. The van der Waals surface area contributed by atoms with Crippen LogP contribution in [0, 0.1) is 27.7 Å². The summed E-state index contributed by atoms with van der Waals surface area (Å²) >= 11 is 2.96. The van der Waals surface area contributed by atoms with Crippen molar-refractivity contribution in [1.29, 1.82) is 0 Å². The van der Waals surface area contributed by atoms with Crippen LogP contribution in [0.3, 0.4) is 0 Å². The fourth-order valence-electron chi connectivity index (χ4n) is 7.38. The Labute approximate surface area is 366 Å². The van der Waals surface area contributed by atoms with Crippen molar-refractivity contribution in [2.24, 2.45) is 0 Å². The molecule has 0 unspecified atom stereocenters. The lowest BCUT2D eigenvalue weighted by Gasteiger charge is -2.07. The van der Waals surface area contributed by atoms with Crippen LogP contribution in [-0.2, 0) is 42.4 Å². The molecule has 62 heavy (non-hydrogen) atoms. The number of carbonyl (C=O) groups is 2. The molecule has 0 saturated carbocycles. The van der Waals surface area contributed by atoms with Crippen molar-refractivity contribution in [3.8, 4) is 22.3 Å². The van der Waals surface area contributed by atoms with Crippen LogP contribution in [0.15, 0.2) is 142 Å². The van der Waals surface area contributed by atoms with E-state index >= 15 is 0 Å². The van der Waals surface area contributed by atoms with E-state index in [0.717, 1.165) is 80.7 Å². The van der Waals surface area contributed by atoms with E-state index in [2.05, 4.69) is 5.16 Å². The van der Waals surface area contributed by atoms with Crippen LogP contribution in [0.4, 0.5) is 0 Å². The van der Waals surface area contributed by atoms with Gasteiger partial charge in [-0.1, -0.05) is 52.9 Å². The number of carboxylic acids is 2. The Balaban J connectivity index is 0.000000187. The molecule has 17 heteroatoms. The van der Waals surface area contributed by atoms with Crippen molar-refractivity contribution in [1.82, 2.24) is 14.3 Å². The fraction of sp³-hybridized carbons (Fsp3) is 0.178. The van der Waals surface area contributed by atoms with Crippen LogP contribution in [0.2, 0.25) is 0 Å². The van der Waals surface area contributed by atoms with Gasteiger partial charge in [-0.15, -0.1) is 0 Å². The van der Waals surface area contributed by atoms with Gasteiger partial charge in [-0.3, -0.25) is 9.59 Å². The monoisotopic (exact) mass is 911 g/mol. The Kier molecular flexibility index (Phi) is 12.4. The first-order valence-electron chi connectivity index (χ1n) is 18.9. The Morgan fingerprint density at radius 1 is 0.645 bits per heavy atom. The second-order valence-electron chi connectivity index (χ2n) is 14.6. The molecule has 4 heterocycles. The highest BCUT2D eigenvalue weighted by atomic mass is 32.2. The maximum absolute atomic E-state index is 11.8. The number of furan rings is 1. The highest BCUT2D eigenvalue weighted by Crippen LogP contribution is 2.45. The predicted octanol–water partition coefficient (Wildman–Crippen LogP) is 9.71. The topological polar surface area (TPSA) is 192 Å². The molecular formula is C45H41N3O10S4. The lowest BCUT2D eigenvalue weighted by Crippen LogP contribution is -2.09. The van der Waals surface area contributed by atoms with Crippen molar-refractivity contribution >= 4 is 76.9 Å². The maximum atomic E-state index is 11.8. The zero-order chi connectivity index (χ0) is 44.7. The standard InChI is InChI=1S/C23H22N2O5S2.C22H19NO5S2/c1-13-21(15(3)30-24-13)18-6-5-7-19-22(18)23(14(2)25(19)12-20(26)27)31-16-8-10-17(11-9-16)32(4,28)29;1-14-22(29-16-6-8-17(9-7-16)30(2,26)27)21-18(15-10-11-28-13-15)4-3-5-19(21)23(14)12-20(24)25/h5-11H,12H2,1-4H3,(H,26,27);3-11,13H,12H2,1-2H3,(H,24,25). The number of hydrogen-bond donors (Lipinski definition) is 2. The van der Waals surface area contributed by atoms with Crippen molar-refractivity contribution in [3.63, 3.8) is 0 Å². The average Bonchev–Trinajstić information content (AvgIpc) is 3.98. The summed E-state index contributed by atoms with van der Waals surface area (Å²) in [5, 5.41) is 24.8. The predicted molar refractivity (Wildman–Crippen MR) is 239 cm³/mol. The molecule has 0 aliphatic heterocycles. The summed E-state index contributed by atoms with van der Waals surface area (Å²) in [7, 11) is -6.56. The molecule has 2 N–H and O–H groups in total. The zero-order valence-corrected chi connectivity index (χ0v) is 37.6. The van der Waals surface area contributed by atoms with Crippen molar-refractivity contribution in [3.05, 3.63) is 126 Å². The van der Waals surface area contributed by atoms with Crippen LogP contribution in [0.25, 0.3) is 44.1 Å². The summed E-state index contributed by atoms with van der Waals surface area (Å²) in [5.41, 5.74) is 7.69. The molecule has 320 valence electrons. The average molecular weight is 912 g/mol. The van der Waals surface area contributed by atoms with E-state index in [1.165, 1.54) is 36.0 Å². The SMILES string of the molecule is Cc1c(Sc2ccc(S(C)(=O)=O)cc2)c2c(-c3ccoc3)cccc2n1CC(=O)O.Cc1noc(C)c1-c1cccc2c1c(Sc1ccc(S(C)(=O)=O)cc1)c(C)n2CC(=O)O. The van der Waals surface area contributed by atoms with Crippen LogP contribution in [0.5, 0.6) is 0 Å². The summed E-state index contributed by atoms with van der Waals surface area (Å²) < 4.78 is 61.3. The molecule has 0 saturated heterocycles. The molecule has 13 nitrogen and oxygen atoms in total. The number of rotatable bonds is 12. The Morgan fingerprint density at radius 3 is 1.48 bits per heavy atom. The minimum Gasteiger partial charge on any atom is -0.480 e. The Morgan fingerprint density at radius 2 is 1.10 bits per heavy atom. The van der Waals surface area contributed by atoms with Crippen LogP contribution in [0.1, 0.15) is 22.8 Å². The van der Waals surface area contributed by atoms with Gasteiger partial charge in [0.25, 0.3) is 0 Å². The van der Waals surface area contributed by atoms with E-state index in [1.807, 2.05) is 70.2 Å². The van der Waals surface area contributed by atoms with Crippen LogP contribution in [-0.4, -0.2) is 65.8 Å². The number of benzene rings is 4. The molecular weight excluding hydrogens is 871 g/mol. The molecule has 0 atom stereocenters. The third-order valence-electron chi connectivity index (χ3n) is 10.3. The third kappa shape index (κ3) is 8.97. The number of sulfone groups is 2. The van der Waals surface area contributed by atoms with E-state index in [4.69, 9.17) is 8.94 Å². The first kappa shape index (κ1) is 44.1. The minimum absolute atomic E-state index is 0.148. The van der Waals surface area contributed by atoms with Gasteiger partial charge in [0.1, 0.15) is 18.8 Å². The van der Waals surface area contributed by atoms with Gasteiger partial charge >= 0.3 is 11.9 Å². The molecule has 4 aromatic heterocycles. The smallest absolute Gasteiger partial charge is 0.323 e. The van der Waals surface area contributed by atoms with Gasteiger partial charge in [0.2, 0.25) is 0 Å². The third-order valence-corrected chi connectivity index (χ3v) is 14.9. The number of hydrogen-bond acceptors (Lipinski definition) is 11. The van der Waals surface area contributed by atoms with E-state index in [1.54, 1.807) is 70.2 Å². The molecule has 0 spiro atoms. The number of fused-ring (bicyclic) bond motifs is 2. The van der Waals surface area contributed by atoms with Gasteiger partial charge in [-0.25, -0.2) is 16.8 Å². The number of aromatic nitrogens is 3. The number of nitrogens with zero attached hydrogens (tertiary/aromatic N) is 3. The van der Waals surface area contributed by atoms with Gasteiger partial charge in [0.05, 0.1) is 39.0 Å². The number of aliphatic carboxylic acids is 2. The highest BCUT2D eigenvalue weighted by molar-refractivity contribution is 8.00. The first-order chi connectivity index (χ1) is 29.3. The van der Waals surface area contributed by atoms with Gasteiger partial charge in [-0.2, -0.15) is 0 Å². The van der Waals surface area contributed by atoms with E-state index in [0.29, 0.717) is 5.76 Å². The number of carboxylic acid groups (broad SMARTS) is 2. The van der Waals surface area contributed by atoms with Crippen LogP contribution < -0.4 is 0 Å². The van der Waals surface area contributed by atoms with E-state index < -0.39 is 31.6 Å². The van der Waals surface area contributed by atoms with E-state index in [-0.39, 0.29) is 22.9 Å². The fourth-order valence-corrected chi connectivity index (χ4v) is 10.8. The summed E-state index contributed by atoms with van der Waals surface area (Å²) in [6.07, 6.45) is 5.62. The quantitative estimate of drug-likeness (QED) is 0.118. The lowest BCUT2D eigenvalue weighted by atomic mass is 10.0.